The van der Waals surface area contributed by atoms with Crippen molar-refractivity contribution in [2.24, 2.45) is 15.7 Å². The fourth-order valence-corrected chi connectivity index (χ4v) is 3.22. The maximum atomic E-state index is 12.8. The van der Waals surface area contributed by atoms with Crippen LogP contribution in [0.5, 0.6) is 0 Å². The zero-order valence-corrected chi connectivity index (χ0v) is 26.7. The number of hydrogen-bond acceptors (Lipinski definition) is 14. The zero-order chi connectivity index (χ0) is 32.0. The van der Waals surface area contributed by atoms with Gasteiger partial charge in [0.15, 0.2) is 0 Å². The normalized spacial score (nSPS) is 11.2. The van der Waals surface area contributed by atoms with Crippen LogP contribution < -0.4 is 5.73 Å². The van der Waals surface area contributed by atoms with Crippen molar-refractivity contribution in [3.05, 3.63) is 0 Å². The predicted molar refractivity (Wildman–Crippen MR) is 167 cm³/mol. The maximum Gasteiger partial charge on any atom is 0.225 e. The number of hydrogen-bond donors (Lipinski definition) is 1. The highest BCUT2D eigenvalue weighted by Gasteiger charge is 2.13. The number of nitrogens with zero attached hydrogens (tertiary/aromatic N) is 3. The lowest BCUT2D eigenvalue weighted by molar-refractivity contribution is -0.134. The molecule has 0 aromatic carbocycles. The molecule has 0 aromatic heterocycles. The van der Waals surface area contributed by atoms with Crippen LogP contribution in [0.4, 0.5) is 0 Å². The van der Waals surface area contributed by atoms with Crippen molar-refractivity contribution in [3.63, 3.8) is 0 Å². The van der Waals surface area contributed by atoms with E-state index >= 15 is 0 Å². The molecule has 0 spiro atoms. The van der Waals surface area contributed by atoms with E-state index in [0.717, 1.165) is 0 Å². The van der Waals surface area contributed by atoms with Crippen LogP contribution in [0.25, 0.3) is 0 Å². The Morgan fingerprint density at radius 3 is 1.09 bits per heavy atom. The van der Waals surface area contributed by atoms with E-state index in [0.29, 0.717) is 165 Å². The third-order valence-corrected chi connectivity index (χ3v) is 5.48. The standard InChI is InChI=1S/C29H58N4O11/c1-31-5-11-37-17-23-43-25-19-39-13-7-33(8-14-40-20-26-44-24-18-38-12-6-32-2)29(34)3-9-35-15-21-41-27-28-42-22-16-36-10-4-30/h1-28,30H2. The molecule has 15 nitrogen and oxygen atoms in total. The molecule has 0 saturated heterocycles. The molecule has 0 heterocycles. The Kier molecular flexibility index (Phi) is 36.2. The van der Waals surface area contributed by atoms with Gasteiger partial charge in [-0.2, -0.15) is 0 Å². The molecule has 44 heavy (non-hydrogen) atoms. The summed E-state index contributed by atoms with van der Waals surface area (Å²) in [5.41, 5.74) is 5.35. The molecule has 0 rings (SSSR count). The van der Waals surface area contributed by atoms with Gasteiger partial charge in [-0.25, -0.2) is 0 Å². The number of ether oxygens (including phenoxy) is 10. The van der Waals surface area contributed by atoms with Crippen LogP contribution in [0.3, 0.4) is 0 Å². The maximum absolute atomic E-state index is 12.8. The van der Waals surface area contributed by atoms with Crippen molar-refractivity contribution in [1.82, 2.24) is 4.90 Å². The average molecular weight is 639 g/mol. The molecule has 2 N–H and O–H groups in total. The van der Waals surface area contributed by atoms with Crippen LogP contribution in [0.1, 0.15) is 6.42 Å². The molecular formula is C29H58N4O11. The van der Waals surface area contributed by atoms with Gasteiger partial charge in [-0.1, -0.05) is 0 Å². The Bertz CT molecular complexity index is 594. The second kappa shape index (κ2) is 37.6. The summed E-state index contributed by atoms with van der Waals surface area (Å²) in [4.78, 5) is 22.0. The van der Waals surface area contributed by atoms with E-state index in [1.54, 1.807) is 4.90 Å². The van der Waals surface area contributed by atoms with Crippen molar-refractivity contribution in [1.29, 1.82) is 0 Å². The Morgan fingerprint density at radius 2 is 0.750 bits per heavy atom. The molecule has 15 heteroatoms. The van der Waals surface area contributed by atoms with Crippen LogP contribution in [-0.4, -0.2) is 189 Å². The van der Waals surface area contributed by atoms with Crippen LogP contribution in [0.15, 0.2) is 9.98 Å². The van der Waals surface area contributed by atoms with Crippen molar-refractivity contribution in [2.75, 3.05) is 165 Å². The first-order valence-electron chi connectivity index (χ1n) is 15.4. The molecule has 0 atom stereocenters. The molecule has 0 aromatic rings. The number of carbonyl (C=O) groups excluding carboxylic acids is 1. The van der Waals surface area contributed by atoms with Gasteiger partial charge >= 0.3 is 0 Å². The second-order valence-corrected chi connectivity index (χ2v) is 8.94. The predicted octanol–water partition coefficient (Wildman–Crippen LogP) is -0.269. The topological polar surface area (TPSA) is 163 Å². The van der Waals surface area contributed by atoms with Crippen LogP contribution in [-0.2, 0) is 52.2 Å². The summed E-state index contributed by atoms with van der Waals surface area (Å²) in [6.45, 7) is 18.5. The monoisotopic (exact) mass is 638 g/mol. The minimum absolute atomic E-state index is 0.0341. The van der Waals surface area contributed by atoms with Gasteiger partial charge in [-0.3, -0.25) is 14.8 Å². The highest BCUT2D eigenvalue weighted by Crippen LogP contribution is 1.98. The van der Waals surface area contributed by atoms with E-state index in [9.17, 15) is 4.79 Å². The van der Waals surface area contributed by atoms with Gasteiger partial charge in [0.2, 0.25) is 5.91 Å². The van der Waals surface area contributed by atoms with Gasteiger partial charge in [0.1, 0.15) is 0 Å². The lowest BCUT2D eigenvalue weighted by atomic mass is 10.3. The van der Waals surface area contributed by atoms with Crippen LogP contribution in [0.2, 0.25) is 0 Å². The highest BCUT2D eigenvalue weighted by atomic mass is 16.6. The van der Waals surface area contributed by atoms with Crippen molar-refractivity contribution in [2.45, 2.75) is 6.42 Å². The molecule has 0 aliphatic rings. The van der Waals surface area contributed by atoms with E-state index in [1.165, 1.54) is 0 Å². The molecule has 0 unspecified atom stereocenters. The van der Waals surface area contributed by atoms with E-state index in [-0.39, 0.29) is 12.3 Å². The highest BCUT2D eigenvalue weighted by molar-refractivity contribution is 5.76. The SMILES string of the molecule is C=NCCOCCOCCOCCN(CCOCCOCCOCCN=C)C(=O)CCOCCOCCOCCOCCN. The van der Waals surface area contributed by atoms with Crippen LogP contribution in [0, 0.1) is 0 Å². The number of aliphatic imine (C=N–C) groups is 2. The summed E-state index contributed by atoms with van der Waals surface area (Å²) in [6, 6.07) is 0. The van der Waals surface area contributed by atoms with Gasteiger partial charge in [0.05, 0.1) is 152 Å². The van der Waals surface area contributed by atoms with Crippen molar-refractivity contribution in [3.8, 4) is 0 Å². The number of amides is 1. The van der Waals surface area contributed by atoms with Crippen molar-refractivity contribution < 1.29 is 52.2 Å². The first kappa shape index (κ1) is 42.4. The summed E-state index contributed by atoms with van der Waals surface area (Å²) < 4.78 is 54.6. The molecule has 0 saturated carbocycles. The van der Waals surface area contributed by atoms with E-state index in [2.05, 4.69) is 23.4 Å². The van der Waals surface area contributed by atoms with Crippen molar-refractivity contribution >= 4 is 19.3 Å². The second-order valence-electron chi connectivity index (χ2n) is 8.94. The minimum atomic E-state index is -0.0341. The Hall–Kier alpha value is -1.63. The Balaban J connectivity index is 4.06. The summed E-state index contributed by atoms with van der Waals surface area (Å²) >= 11 is 0. The average Bonchev–Trinajstić information content (AvgIpc) is 3.03. The third-order valence-electron chi connectivity index (χ3n) is 5.48. The van der Waals surface area contributed by atoms with Gasteiger partial charge in [-0.05, 0) is 13.4 Å². The first-order chi connectivity index (χ1) is 21.8. The molecule has 1 amide bonds. The summed E-state index contributed by atoms with van der Waals surface area (Å²) in [5.74, 6) is -0.0341. The van der Waals surface area contributed by atoms with Gasteiger partial charge in [0, 0.05) is 19.6 Å². The number of carbonyl (C=O) groups is 1. The number of nitrogens with two attached hydrogens (primary N) is 1. The van der Waals surface area contributed by atoms with E-state index in [1.807, 2.05) is 0 Å². The fourth-order valence-electron chi connectivity index (χ4n) is 3.22. The Morgan fingerprint density at radius 1 is 0.455 bits per heavy atom. The largest absolute Gasteiger partial charge is 0.379 e. The third kappa shape index (κ3) is 33.3. The van der Waals surface area contributed by atoms with E-state index in [4.69, 9.17) is 53.1 Å². The molecular weight excluding hydrogens is 580 g/mol. The zero-order valence-electron chi connectivity index (χ0n) is 26.7. The van der Waals surface area contributed by atoms with Gasteiger partial charge in [0.25, 0.3) is 0 Å². The molecule has 0 fully saturated rings. The fraction of sp³-hybridized carbons (Fsp3) is 0.897. The molecule has 260 valence electrons. The molecule has 0 bridgehead atoms. The van der Waals surface area contributed by atoms with Crippen LogP contribution >= 0.6 is 0 Å². The minimum Gasteiger partial charge on any atom is -0.379 e. The summed E-state index contributed by atoms with van der Waals surface area (Å²) in [6.07, 6.45) is 0.251. The van der Waals surface area contributed by atoms with Gasteiger partial charge in [-0.15, -0.1) is 0 Å². The van der Waals surface area contributed by atoms with E-state index < -0.39 is 0 Å². The first-order valence-corrected chi connectivity index (χ1v) is 15.4. The number of rotatable bonds is 38. The lowest BCUT2D eigenvalue weighted by Gasteiger charge is -2.23. The van der Waals surface area contributed by atoms with Gasteiger partial charge < -0.3 is 58.0 Å². The molecule has 0 aliphatic heterocycles. The quantitative estimate of drug-likeness (QED) is 0.0697. The Labute approximate surface area is 263 Å². The summed E-state index contributed by atoms with van der Waals surface area (Å²) in [7, 11) is 0. The summed E-state index contributed by atoms with van der Waals surface area (Å²) in [5, 5.41) is 0. The molecule has 0 aliphatic carbocycles. The smallest absolute Gasteiger partial charge is 0.225 e. The lowest BCUT2D eigenvalue weighted by Crippen LogP contribution is -2.37. The molecule has 0 radical (unpaired) electrons.